The quantitative estimate of drug-likeness (QED) is 0.605. The normalized spacial score (nSPS) is 19.7. The second-order valence-electron chi connectivity index (χ2n) is 2.90. The van der Waals surface area contributed by atoms with Crippen LogP contribution in [0.4, 0.5) is 0 Å². The summed E-state index contributed by atoms with van der Waals surface area (Å²) in [4.78, 5) is 10.8. The molecule has 2 heterocycles. The van der Waals surface area contributed by atoms with Crippen LogP contribution in [0.5, 0.6) is 0 Å². The molecule has 0 saturated carbocycles. The summed E-state index contributed by atoms with van der Waals surface area (Å²) in [6.45, 7) is 1.80. The van der Waals surface area contributed by atoms with Crippen molar-refractivity contribution in [3.63, 3.8) is 0 Å². The lowest BCUT2D eigenvalue weighted by Gasteiger charge is -1.93. The van der Waals surface area contributed by atoms with Gasteiger partial charge in [-0.15, -0.1) is 10.2 Å². The van der Waals surface area contributed by atoms with E-state index < -0.39 is 0 Å². The van der Waals surface area contributed by atoms with Crippen molar-refractivity contribution in [1.29, 1.82) is 0 Å². The molecule has 1 fully saturated rings. The van der Waals surface area contributed by atoms with Gasteiger partial charge in [0.05, 0.1) is 12.0 Å². The van der Waals surface area contributed by atoms with E-state index in [4.69, 9.17) is 4.42 Å². The maximum atomic E-state index is 10.8. The van der Waals surface area contributed by atoms with Crippen LogP contribution >= 0.6 is 11.8 Å². The molecule has 6 heteroatoms. The largest absolute Gasteiger partial charge is 0.463 e. The van der Waals surface area contributed by atoms with Crippen molar-refractivity contribution in [2.24, 2.45) is 10.2 Å². The third-order valence-electron chi connectivity index (χ3n) is 1.75. The lowest BCUT2D eigenvalue weighted by atomic mass is 10.3. The minimum Gasteiger partial charge on any atom is -0.463 e. The van der Waals surface area contributed by atoms with Gasteiger partial charge in [0.15, 0.2) is 5.17 Å². The van der Waals surface area contributed by atoms with Crippen molar-refractivity contribution in [2.75, 3.05) is 5.75 Å². The van der Waals surface area contributed by atoms with Crippen LogP contribution in [0.1, 0.15) is 12.7 Å². The van der Waals surface area contributed by atoms with Gasteiger partial charge in [0.25, 0.3) is 0 Å². The van der Waals surface area contributed by atoms with Gasteiger partial charge in [-0.2, -0.15) is 0 Å². The van der Waals surface area contributed by atoms with Crippen molar-refractivity contribution in [3.8, 4) is 0 Å². The molecule has 1 saturated heterocycles. The van der Waals surface area contributed by atoms with E-state index in [9.17, 15) is 4.79 Å². The molecule has 0 bridgehead atoms. The molecule has 1 aromatic heterocycles. The topological polar surface area (TPSA) is 67.0 Å². The molecule has 2 rings (SSSR count). The first kappa shape index (κ1) is 9.97. The number of carbonyl (C=O) groups excluding carboxylic acids is 1. The number of rotatable bonds is 2. The first-order valence-electron chi connectivity index (χ1n) is 4.34. The molecule has 15 heavy (non-hydrogen) atoms. The second-order valence-corrected chi connectivity index (χ2v) is 3.87. The zero-order valence-electron chi connectivity index (χ0n) is 8.06. The van der Waals surface area contributed by atoms with Gasteiger partial charge in [-0.05, 0) is 19.1 Å². The van der Waals surface area contributed by atoms with Crippen LogP contribution in [-0.2, 0) is 4.79 Å². The molecule has 1 aromatic rings. The third-order valence-corrected chi connectivity index (χ3v) is 2.62. The van der Waals surface area contributed by atoms with E-state index in [0.29, 0.717) is 22.4 Å². The maximum absolute atomic E-state index is 10.8. The van der Waals surface area contributed by atoms with Gasteiger partial charge in [0.1, 0.15) is 11.5 Å². The number of amides is 1. The van der Waals surface area contributed by atoms with Gasteiger partial charge in [0.2, 0.25) is 5.91 Å². The van der Waals surface area contributed by atoms with Crippen molar-refractivity contribution >= 4 is 28.5 Å². The smallest absolute Gasteiger partial charge is 0.236 e. The first-order chi connectivity index (χ1) is 7.25. The highest BCUT2D eigenvalue weighted by Gasteiger charge is 2.16. The molecular weight excluding hydrogens is 214 g/mol. The summed E-state index contributed by atoms with van der Waals surface area (Å²) in [6.07, 6.45) is 1.58. The number of carbonyl (C=O) groups is 1. The van der Waals surface area contributed by atoms with Gasteiger partial charge in [0, 0.05) is 0 Å². The van der Waals surface area contributed by atoms with Gasteiger partial charge in [-0.3, -0.25) is 4.79 Å². The summed E-state index contributed by atoms with van der Waals surface area (Å²) < 4.78 is 5.14. The van der Waals surface area contributed by atoms with Crippen LogP contribution in [-0.4, -0.2) is 22.5 Å². The number of nitrogens with one attached hydrogen (secondary N) is 1. The lowest BCUT2D eigenvalue weighted by Crippen LogP contribution is -2.19. The Kier molecular flexibility index (Phi) is 2.86. The van der Waals surface area contributed by atoms with E-state index in [2.05, 4.69) is 15.5 Å². The van der Waals surface area contributed by atoms with Crippen molar-refractivity contribution in [3.05, 3.63) is 24.2 Å². The average molecular weight is 223 g/mol. The number of amidine groups is 1. The highest BCUT2D eigenvalue weighted by Crippen LogP contribution is 2.09. The average Bonchev–Trinajstić information content (AvgIpc) is 2.84. The fraction of sp³-hybridized carbons (Fsp3) is 0.222. The van der Waals surface area contributed by atoms with Gasteiger partial charge >= 0.3 is 0 Å². The number of nitrogens with zero attached hydrogens (tertiary/aromatic N) is 2. The summed E-state index contributed by atoms with van der Waals surface area (Å²) >= 11 is 1.34. The molecular formula is C9H9N3O2S. The number of furan rings is 1. The summed E-state index contributed by atoms with van der Waals surface area (Å²) in [6, 6.07) is 3.59. The Labute approximate surface area is 90.6 Å². The fourth-order valence-electron chi connectivity index (χ4n) is 1.03. The van der Waals surface area contributed by atoms with Gasteiger partial charge < -0.3 is 9.73 Å². The Morgan fingerprint density at radius 2 is 2.53 bits per heavy atom. The zero-order valence-corrected chi connectivity index (χ0v) is 8.87. The zero-order chi connectivity index (χ0) is 10.7. The predicted molar refractivity (Wildman–Crippen MR) is 59.0 cm³/mol. The van der Waals surface area contributed by atoms with Crippen LogP contribution in [0.25, 0.3) is 0 Å². The molecule has 1 aliphatic rings. The lowest BCUT2D eigenvalue weighted by molar-refractivity contribution is -0.116. The Morgan fingerprint density at radius 3 is 3.13 bits per heavy atom. The molecule has 1 amide bonds. The highest BCUT2D eigenvalue weighted by atomic mass is 32.2. The minimum absolute atomic E-state index is 0.0374. The molecule has 1 aliphatic heterocycles. The van der Waals surface area contributed by atoms with E-state index in [0.717, 1.165) is 0 Å². The Bertz CT molecular complexity index is 423. The van der Waals surface area contributed by atoms with Crippen LogP contribution < -0.4 is 5.32 Å². The summed E-state index contributed by atoms with van der Waals surface area (Å²) in [5.74, 6) is 1.05. The molecule has 0 unspecified atom stereocenters. The monoisotopic (exact) mass is 223 g/mol. The van der Waals surface area contributed by atoms with Crippen LogP contribution in [0, 0.1) is 0 Å². The minimum atomic E-state index is -0.0374. The van der Waals surface area contributed by atoms with E-state index >= 15 is 0 Å². The SMILES string of the molecule is C/C(=N/N=C1\NC(=O)CS1)c1ccco1. The van der Waals surface area contributed by atoms with E-state index in [1.54, 1.807) is 25.3 Å². The Hall–Kier alpha value is -1.56. The summed E-state index contributed by atoms with van der Waals surface area (Å²) in [5.41, 5.74) is 0.675. The maximum Gasteiger partial charge on any atom is 0.236 e. The van der Waals surface area contributed by atoms with E-state index in [-0.39, 0.29) is 5.91 Å². The number of hydrogen-bond acceptors (Lipinski definition) is 5. The number of thioether (sulfide) groups is 1. The van der Waals surface area contributed by atoms with Gasteiger partial charge in [-0.25, -0.2) is 0 Å². The molecule has 0 radical (unpaired) electrons. The standard InChI is InChI=1S/C9H9N3O2S/c1-6(7-3-2-4-14-7)11-12-9-10-8(13)5-15-9/h2-4H,5H2,1H3,(H,10,12,13)/b11-6-. The molecule has 0 aliphatic carbocycles. The van der Waals surface area contributed by atoms with Crippen LogP contribution in [0.2, 0.25) is 0 Å². The Morgan fingerprint density at radius 1 is 1.67 bits per heavy atom. The Balaban J connectivity index is 2.08. The van der Waals surface area contributed by atoms with Crippen molar-refractivity contribution in [2.45, 2.75) is 6.92 Å². The molecule has 5 nitrogen and oxygen atoms in total. The third kappa shape index (κ3) is 2.47. The summed E-state index contributed by atoms with van der Waals surface area (Å²) in [7, 11) is 0. The van der Waals surface area contributed by atoms with Crippen LogP contribution in [0.3, 0.4) is 0 Å². The second kappa shape index (κ2) is 4.31. The first-order valence-corrected chi connectivity index (χ1v) is 5.33. The van der Waals surface area contributed by atoms with Crippen molar-refractivity contribution in [1.82, 2.24) is 5.32 Å². The van der Waals surface area contributed by atoms with E-state index in [1.807, 2.05) is 0 Å². The molecule has 0 atom stereocenters. The van der Waals surface area contributed by atoms with Gasteiger partial charge in [-0.1, -0.05) is 11.8 Å². The van der Waals surface area contributed by atoms with Crippen molar-refractivity contribution < 1.29 is 9.21 Å². The molecule has 1 N–H and O–H groups in total. The number of hydrogen-bond donors (Lipinski definition) is 1. The molecule has 78 valence electrons. The van der Waals surface area contributed by atoms with Crippen LogP contribution in [0.15, 0.2) is 33.0 Å². The fourth-order valence-corrected chi connectivity index (χ4v) is 1.66. The summed E-state index contributed by atoms with van der Waals surface area (Å²) in [5, 5.41) is 11.0. The van der Waals surface area contributed by atoms with E-state index in [1.165, 1.54) is 11.8 Å². The highest BCUT2D eigenvalue weighted by molar-refractivity contribution is 8.15. The molecule has 0 aromatic carbocycles. The molecule has 0 spiro atoms. The predicted octanol–water partition coefficient (Wildman–Crippen LogP) is 1.22.